The van der Waals surface area contributed by atoms with Crippen LogP contribution in [-0.4, -0.2) is 44.3 Å². The molecule has 0 aliphatic rings. The van der Waals surface area contributed by atoms with Gasteiger partial charge in [-0.3, -0.25) is 13.9 Å². The second-order valence-corrected chi connectivity index (χ2v) is 12.1. The molecule has 7 nitrogen and oxygen atoms in total. The zero-order valence-corrected chi connectivity index (χ0v) is 25.2. The normalized spacial score (nSPS) is 11.9. The second-order valence-electron chi connectivity index (χ2n) is 9.82. The Balaban J connectivity index is 1.81. The Morgan fingerprint density at radius 1 is 0.833 bits per heavy atom. The number of halogens is 1. The third-order valence-electron chi connectivity index (χ3n) is 6.91. The number of hydrogen-bond donors (Lipinski definition) is 1. The lowest BCUT2D eigenvalue weighted by molar-refractivity contribution is -0.140. The number of para-hydroxylation sites is 1. The summed E-state index contributed by atoms with van der Waals surface area (Å²) in [6.45, 7) is 3.47. The maximum absolute atomic E-state index is 14.4. The number of anilines is 1. The zero-order chi connectivity index (χ0) is 30.1. The van der Waals surface area contributed by atoms with Gasteiger partial charge in [-0.2, -0.15) is 0 Å². The van der Waals surface area contributed by atoms with Crippen LogP contribution in [0.5, 0.6) is 0 Å². The highest BCUT2D eigenvalue weighted by molar-refractivity contribution is 7.92. The van der Waals surface area contributed by atoms with Gasteiger partial charge in [0.25, 0.3) is 10.0 Å². The Hall–Kier alpha value is -4.14. The predicted octanol–water partition coefficient (Wildman–Crippen LogP) is 5.62. The van der Waals surface area contributed by atoms with Crippen LogP contribution in [0.15, 0.2) is 114 Å². The van der Waals surface area contributed by atoms with Crippen LogP contribution < -0.4 is 9.62 Å². The van der Waals surface area contributed by atoms with Crippen LogP contribution in [-0.2, 0) is 32.6 Å². The standard InChI is InChI=1S/C33H34ClN3O4S/c1-3-35-33(39)31(22-26-15-6-4-7-16-26)36(23-27-17-11-12-20-29(27)34)32(38)24-37(30-21-13-10-14-25(30)2)42(40,41)28-18-8-5-9-19-28/h4-21,31H,3,22-24H2,1-2H3,(H,35,39). The van der Waals surface area contributed by atoms with Crippen molar-refractivity contribution in [2.45, 2.75) is 37.8 Å². The maximum Gasteiger partial charge on any atom is 0.264 e. The third kappa shape index (κ3) is 7.38. The molecule has 1 atom stereocenters. The van der Waals surface area contributed by atoms with Crippen LogP contribution >= 0.6 is 11.6 Å². The molecule has 0 aliphatic heterocycles. The number of amides is 2. The fourth-order valence-corrected chi connectivity index (χ4v) is 6.43. The fraction of sp³-hybridized carbons (Fsp3) is 0.212. The molecule has 0 fully saturated rings. The van der Waals surface area contributed by atoms with Crippen LogP contribution in [0.2, 0.25) is 5.02 Å². The molecule has 0 aliphatic carbocycles. The average Bonchev–Trinajstić information content (AvgIpc) is 3.00. The molecular weight excluding hydrogens is 570 g/mol. The molecular formula is C33H34ClN3O4S. The lowest BCUT2D eigenvalue weighted by Gasteiger charge is -2.34. The number of nitrogens with zero attached hydrogens (tertiary/aromatic N) is 2. The van der Waals surface area contributed by atoms with Gasteiger partial charge in [-0.25, -0.2) is 8.42 Å². The summed E-state index contributed by atoms with van der Waals surface area (Å²) in [6, 6.07) is 30.6. The van der Waals surface area contributed by atoms with Crippen molar-refractivity contribution in [1.29, 1.82) is 0 Å². The van der Waals surface area contributed by atoms with Crippen molar-refractivity contribution < 1.29 is 18.0 Å². The third-order valence-corrected chi connectivity index (χ3v) is 9.06. The van der Waals surface area contributed by atoms with Crippen LogP contribution in [0.1, 0.15) is 23.6 Å². The van der Waals surface area contributed by atoms with Crippen molar-refractivity contribution in [2.75, 3.05) is 17.4 Å². The summed E-state index contributed by atoms with van der Waals surface area (Å²) in [7, 11) is -4.14. The highest BCUT2D eigenvalue weighted by Crippen LogP contribution is 2.28. The lowest BCUT2D eigenvalue weighted by Crippen LogP contribution is -2.53. The van der Waals surface area contributed by atoms with Crippen molar-refractivity contribution in [1.82, 2.24) is 10.2 Å². The first-order chi connectivity index (χ1) is 20.2. The number of likely N-dealkylation sites (N-methyl/N-ethyl adjacent to an activating group) is 1. The quantitative estimate of drug-likeness (QED) is 0.228. The molecule has 0 spiro atoms. The molecule has 218 valence electrons. The summed E-state index contributed by atoms with van der Waals surface area (Å²) in [4.78, 5) is 29.4. The summed E-state index contributed by atoms with van der Waals surface area (Å²) in [5, 5.41) is 3.30. The van der Waals surface area contributed by atoms with Gasteiger partial charge in [0.05, 0.1) is 10.6 Å². The fourth-order valence-electron chi connectivity index (χ4n) is 4.73. The lowest BCUT2D eigenvalue weighted by atomic mass is 10.0. The van der Waals surface area contributed by atoms with Gasteiger partial charge in [-0.15, -0.1) is 0 Å². The summed E-state index contributed by atoms with van der Waals surface area (Å²) < 4.78 is 29.1. The molecule has 42 heavy (non-hydrogen) atoms. The van der Waals surface area contributed by atoms with Crippen LogP contribution in [0.4, 0.5) is 5.69 Å². The van der Waals surface area contributed by atoms with Crippen molar-refractivity contribution in [3.63, 3.8) is 0 Å². The maximum atomic E-state index is 14.4. The molecule has 0 saturated carbocycles. The first-order valence-corrected chi connectivity index (χ1v) is 15.5. The van der Waals surface area contributed by atoms with E-state index in [0.717, 1.165) is 9.87 Å². The van der Waals surface area contributed by atoms with Gasteiger partial charge in [0.1, 0.15) is 12.6 Å². The Kier molecular flexibility index (Phi) is 10.4. The molecule has 1 N–H and O–H groups in total. The van der Waals surface area contributed by atoms with Crippen LogP contribution in [0.25, 0.3) is 0 Å². The molecule has 9 heteroatoms. The summed E-state index contributed by atoms with van der Waals surface area (Å²) >= 11 is 6.51. The van der Waals surface area contributed by atoms with Gasteiger partial charge in [-0.1, -0.05) is 96.5 Å². The Morgan fingerprint density at radius 3 is 2.07 bits per heavy atom. The number of carbonyl (C=O) groups excluding carboxylic acids is 2. The number of hydrogen-bond acceptors (Lipinski definition) is 4. The van der Waals surface area contributed by atoms with E-state index in [0.29, 0.717) is 28.4 Å². The molecule has 1 unspecified atom stereocenters. The van der Waals surface area contributed by atoms with E-state index in [4.69, 9.17) is 11.6 Å². The number of nitrogens with one attached hydrogen (secondary N) is 1. The van der Waals surface area contributed by atoms with Gasteiger partial charge in [0, 0.05) is 24.5 Å². The Labute approximate surface area is 252 Å². The zero-order valence-electron chi connectivity index (χ0n) is 23.6. The van der Waals surface area contributed by atoms with Crippen molar-refractivity contribution in [3.8, 4) is 0 Å². The van der Waals surface area contributed by atoms with E-state index >= 15 is 0 Å². The number of benzene rings is 4. The van der Waals surface area contributed by atoms with Gasteiger partial charge in [-0.05, 0) is 54.8 Å². The highest BCUT2D eigenvalue weighted by atomic mass is 35.5. The largest absolute Gasteiger partial charge is 0.355 e. The number of aryl methyl sites for hydroxylation is 1. The van der Waals surface area contributed by atoms with Crippen molar-refractivity contribution >= 4 is 39.1 Å². The van der Waals surface area contributed by atoms with Gasteiger partial charge in [0.2, 0.25) is 11.8 Å². The van der Waals surface area contributed by atoms with Crippen molar-refractivity contribution in [3.05, 3.63) is 131 Å². The summed E-state index contributed by atoms with van der Waals surface area (Å²) in [5.74, 6) is -0.875. The molecule has 4 rings (SSSR count). The Morgan fingerprint density at radius 2 is 1.43 bits per heavy atom. The first-order valence-electron chi connectivity index (χ1n) is 13.7. The molecule has 0 aromatic heterocycles. The highest BCUT2D eigenvalue weighted by Gasteiger charge is 2.35. The van der Waals surface area contributed by atoms with Gasteiger partial charge in [0.15, 0.2) is 0 Å². The second kappa shape index (κ2) is 14.2. The monoisotopic (exact) mass is 603 g/mol. The molecule has 2 amide bonds. The number of rotatable bonds is 12. The minimum Gasteiger partial charge on any atom is -0.355 e. The SMILES string of the molecule is CCNC(=O)C(Cc1ccccc1)N(Cc1ccccc1Cl)C(=O)CN(c1ccccc1C)S(=O)(=O)c1ccccc1. The molecule has 0 heterocycles. The first kappa shape index (κ1) is 30.8. The molecule has 0 radical (unpaired) electrons. The molecule has 0 bridgehead atoms. The van der Waals surface area contributed by atoms with E-state index < -0.39 is 28.5 Å². The van der Waals surface area contributed by atoms with E-state index in [2.05, 4.69) is 5.32 Å². The minimum atomic E-state index is -4.14. The van der Waals surface area contributed by atoms with E-state index in [-0.39, 0.29) is 23.8 Å². The minimum absolute atomic E-state index is 0.0140. The predicted molar refractivity (Wildman–Crippen MR) is 167 cm³/mol. The van der Waals surface area contributed by atoms with Crippen LogP contribution in [0.3, 0.4) is 0 Å². The Bertz CT molecular complexity index is 1610. The number of sulfonamides is 1. The van der Waals surface area contributed by atoms with Gasteiger partial charge >= 0.3 is 0 Å². The molecule has 4 aromatic carbocycles. The van der Waals surface area contributed by atoms with Crippen LogP contribution in [0, 0.1) is 6.92 Å². The van der Waals surface area contributed by atoms with E-state index in [9.17, 15) is 18.0 Å². The average molecular weight is 604 g/mol. The smallest absolute Gasteiger partial charge is 0.264 e. The van der Waals surface area contributed by atoms with Gasteiger partial charge < -0.3 is 10.2 Å². The van der Waals surface area contributed by atoms with Crippen molar-refractivity contribution in [2.24, 2.45) is 0 Å². The number of carbonyl (C=O) groups is 2. The topological polar surface area (TPSA) is 86.8 Å². The van der Waals surface area contributed by atoms with E-state index in [1.165, 1.54) is 17.0 Å². The molecule has 0 saturated heterocycles. The molecule has 4 aromatic rings. The van der Waals surface area contributed by atoms with E-state index in [1.807, 2.05) is 49.4 Å². The summed E-state index contributed by atoms with van der Waals surface area (Å²) in [5.41, 5.74) is 2.57. The van der Waals surface area contributed by atoms with E-state index in [1.54, 1.807) is 61.5 Å². The summed E-state index contributed by atoms with van der Waals surface area (Å²) in [6.07, 6.45) is 0.235.